The average Bonchev–Trinajstić information content (AvgIpc) is 2.36. The highest BCUT2D eigenvalue weighted by Crippen LogP contribution is 2.20. The number of hydrogen-bond donors (Lipinski definition) is 1. The predicted octanol–water partition coefficient (Wildman–Crippen LogP) is 4.79. The summed E-state index contributed by atoms with van der Waals surface area (Å²) in [7, 11) is 0. The van der Waals surface area contributed by atoms with Crippen molar-refractivity contribution in [3.8, 4) is 0 Å². The number of halogens is 3. The summed E-state index contributed by atoms with van der Waals surface area (Å²) >= 11 is 12.7. The first-order valence-corrected chi connectivity index (χ1v) is 8.23. The van der Waals surface area contributed by atoms with Gasteiger partial charge < -0.3 is 5.32 Å². The molecule has 1 amide bonds. The Hall–Kier alpha value is -0.0600. The summed E-state index contributed by atoms with van der Waals surface area (Å²) in [5.74, 6) is -0.109. The van der Waals surface area contributed by atoms with Crippen molar-refractivity contribution >= 4 is 49.4 Å². The van der Waals surface area contributed by atoms with Gasteiger partial charge in [0, 0.05) is 16.3 Å². The third-order valence-corrected chi connectivity index (χ3v) is 3.90. The van der Waals surface area contributed by atoms with Crippen molar-refractivity contribution in [1.29, 1.82) is 0 Å². The number of rotatable bonds is 7. The number of nitrogens with one attached hydrogen (secondary N) is 1. The fraction of sp³-hybridized carbons (Fsp3) is 0.462. The van der Waals surface area contributed by atoms with Crippen molar-refractivity contribution in [1.82, 2.24) is 5.32 Å². The van der Waals surface area contributed by atoms with E-state index in [-0.39, 0.29) is 5.91 Å². The summed E-state index contributed by atoms with van der Waals surface area (Å²) in [5.41, 5.74) is 0.520. The Morgan fingerprint density at radius 3 is 2.67 bits per heavy atom. The number of benzene rings is 1. The van der Waals surface area contributed by atoms with E-state index in [2.05, 4.69) is 37.2 Å². The fourth-order valence-electron chi connectivity index (χ4n) is 1.54. The van der Waals surface area contributed by atoms with Gasteiger partial charge in [0.25, 0.3) is 5.91 Å². The van der Waals surface area contributed by atoms with Crippen LogP contribution in [0.5, 0.6) is 0 Å². The Morgan fingerprint density at radius 1 is 1.22 bits per heavy atom. The second kappa shape index (κ2) is 8.94. The lowest BCUT2D eigenvalue weighted by Crippen LogP contribution is -2.24. The zero-order valence-corrected chi connectivity index (χ0v) is 13.9. The molecular formula is C13H16Br2ClNO. The molecule has 0 fully saturated rings. The van der Waals surface area contributed by atoms with Gasteiger partial charge in [0.2, 0.25) is 0 Å². The van der Waals surface area contributed by atoms with Gasteiger partial charge in [-0.15, -0.1) is 0 Å². The average molecular weight is 398 g/mol. The molecule has 5 heteroatoms. The summed E-state index contributed by atoms with van der Waals surface area (Å²) in [5, 5.41) is 4.42. The molecule has 0 bridgehead atoms. The van der Waals surface area contributed by atoms with E-state index in [4.69, 9.17) is 11.6 Å². The highest BCUT2D eigenvalue weighted by atomic mass is 79.9. The van der Waals surface area contributed by atoms with Crippen LogP contribution in [0.4, 0.5) is 0 Å². The predicted molar refractivity (Wildman–Crippen MR) is 83.7 cm³/mol. The van der Waals surface area contributed by atoms with E-state index in [0.717, 1.165) is 22.6 Å². The van der Waals surface area contributed by atoms with E-state index in [1.807, 2.05) is 6.07 Å². The molecule has 18 heavy (non-hydrogen) atoms. The van der Waals surface area contributed by atoms with Gasteiger partial charge in [0.15, 0.2) is 0 Å². The zero-order valence-electron chi connectivity index (χ0n) is 10.0. The van der Waals surface area contributed by atoms with E-state index in [9.17, 15) is 4.79 Å². The Bertz CT molecular complexity index is 399. The van der Waals surface area contributed by atoms with Crippen molar-refractivity contribution in [2.45, 2.75) is 25.7 Å². The molecular weight excluding hydrogens is 381 g/mol. The Kier molecular flexibility index (Phi) is 7.95. The standard InChI is InChI=1S/C13H16Br2ClNO/c14-7-3-1-2-4-8-17-13(18)11-9-10(15)5-6-12(11)16/h5-6,9H,1-4,7-8H2,(H,17,18). The Labute approximate surface area is 130 Å². The lowest BCUT2D eigenvalue weighted by atomic mass is 10.2. The lowest BCUT2D eigenvalue weighted by molar-refractivity contribution is 0.0953. The summed E-state index contributed by atoms with van der Waals surface area (Å²) in [4.78, 5) is 11.9. The third-order valence-electron chi connectivity index (χ3n) is 2.52. The summed E-state index contributed by atoms with van der Waals surface area (Å²) < 4.78 is 0.856. The van der Waals surface area contributed by atoms with Crippen LogP contribution in [-0.2, 0) is 0 Å². The van der Waals surface area contributed by atoms with Gasteiger partial charge in [-0.3, -0.25) is 4.79 Å². The quantitative estimate of drug-likeness (QED) is 0.520. The van der Waals surface area contributed by atoms with Crippen LogP contribution in [0.2, 0.25) is 5.02 Å². The van der Waals surface area contributed by atoms with Gasteiger partial charge in [-0.2, -0.15) is 0 Å². The van der Waals surface area contributed by atoms with E-state index < -0.39 is 0 Å². The molecule has 2 nitrogen and oxygen atoms in total. The maximum atomic E-state index is 11.9. The molecule has 0 heterocycles. The van der Waals surface area contributed by atoms with Crippen LogP contribution in [0, 0.1) is 0 Å². The van der Waals surface area contributed by atoms with Crippen LogP contribution in [0.25, 0.3) is 0 Å². The first-order chi connectivity index (χ1) is 8.65. The molecule has 0 aliphatic rings. The second-order valence-electron chi connectivity index (χ2n) is 3.98. The van der Waals surface area contributed by atoms with Crippen molar-refractivity contribution in [2.24, 2.45) is 0 Å². The molecule has 0 aliphatic heterocycles. The normalized spacial score (nSPS) is 10.4. The van der Waals surface area contributed by atoms with Gasteiger partial charge in [-0.05, 0) is 31.0 Å². The van der Waals surface area contributed by atoms with Crippen LogP contribution in [-0.4, -0.2) is 17.8 Å². The highest BCUT2D eigenvalue weighted by molar-refractivity contribution is 9.10. The Morgan fingerprint density at radius 2 is 1.94 bits per heavy atom. The lowest BCUT2D eigenvalue weighted by Gasteiger charge is -2.07. The minimum Gasteiger partial charge on any atom is -0.352 e. The van der Waals surface area contributed by atoms with Crippen LogP contribution in [0.3, 0.4) is 0 Å². The van der Waals surface area contributed by atoms with Crippen LogP contribution >= 0.6 is 43.5 Å². The second-order valence-corrected chi connectivity index (χ2v) is 6.10. The molecule has 1 rings (SSSR count). The molecule has 0 saturated carbocycles. The molecule has 0 aliphatic carbocycles. The minimum absolute atomic E-state index is 0.109. The number of unbranched alkanes of at least 4 members (excludes halogenated alkanes) is 3. The fourth-order valence-corrected chi connectivity index (χ4v) is 2.50. The largest absolute Gasteiger partial charge is 0.352 e. The minimum atomic E-state index is -0.109. The number of carbonyl (C=O) groups excluding carboxylic acids is 1. The number of hydrogen-bond acceptors (Lipinski definition) is 1. The summed E-state index contributed by atoms with van der Waals surface area (Å²) in [6.07, 6.45) is 4.52. The van der Waals surface area contributed by atoms with Gasteiger partial charge in [0.1, 0.15) is 0 Å². The van der Waals surface area contributed by atoms with Crippen molar-refractivity contribution < 1.29 is 4.79 Å². The van der Waals surface area contributed by atoms with Crippen LogP contribution in [0.1, 0.15) is 36.0 Å². The van der Waals surface area contributed by atoms with E-state index >= 15 is 0 Å². The van der Waals surface area contributed by atoms with Gasteiger partial charge in [-0.25, -0.2) is 0 Å². The van der Waals surface area contributed by atoms with Gasteiger partial charge in [-0.1, -0.05) is 56.3 Å². The summed E-state index contributed by atoms with van der Waals surface area (Å²) in [6, 6.07) is 5.28. The monoisotopic (exact) mass is 395 g/mol. The van der Waals surface area contributed by atoms with Gasteiger partial charge in [0.05, 0.1) is 10.6 Å². The SMILES string of the molecule is O=C(NCCCCCCBr)c1cc(Br)ccc1Cl. The smallest absolute Gasteiger partial charge is 0.252 e. The zero-order chi connectivity index (χ0) is 13.4. The molecule has 1 aromatic carbocycles. The highest BCUT2D eigenvalue weighted by Gasteiger charge is 2.09. The molecule has 1 N–H and O–H groups in total. The van der Waals surface area contributed by atoms with E-state index in [0.29, 0.717) is 17.1 Å². The molecule has 0 aromatic heterocycles. The molecule has 0 saturated heterocycles. The van der Waals surface area contributed by atoms with Gasteiger partial charge >= 0.3 is 0 Å². The van der Waals surface area contributed by atoms with E-state index in [1.165, 1.54) is 12.8 Å². The topological polar surface area (TPSA) is 29.1 Å². The number of amides is 1. The molecule has 0 radical (unpaired) electrons. The van der Waals surface area contributed by atoms with Crippen molar-refractivity contribution in [3.63, 3.8) is 0 Å². The molecule has 0 spiro atoms. The van der Waals surface area contributed by atoms with E-state index in [1.54, 1.807) is 12.1 Å². The molecule has 0 atom stereocenters. The maximum Gasteiger partial charge on any atom is 0.252 e. The third kappa shape index (κ3) is 5.72. The number of alkyl halides is 1. The first-order valence-electron chi connectivity index (χ1n) is 5.94. The first kappa shape index (κ1) is 16.0. The number of carbonyl (C=O) groups is 1. The molecule has 100 valence electrons. The molecule has 0 unspecified atom stereocenters. The van der Waals surface area contributed by atoms with Crippen LogP contribution < -0.4 is 5.32 Å². The van der Waals surface area contributed by atoms with Crippen molar-refractivity contribution in [3.05, 3.63) is 33.3 Å². The molecule has 1 aromatic rings. The van der Waals surface area contributed by atoms with Crippen LogP contribution in [0.15, 0.2) is 22.7 Å². The Balaban J connectivity index is 2.34. The summed E-state index contributed by atoms with van der Waals surface area (Å²) in [6.45, 7) is 0.698. The van der Waals surface area contributed by atoms with Crippen molar-refractivity contribution in [2.75, 3.05) is 11.9 Å². The maximum absolute atomic E-state index is 11.9.